The summed E-state index contributed by atoms with van der Waals surface area (Å²) in [6.45, 7) is 2.34. The molecule has 23 heavy (non-hydrogen) atoms. The molecule has 2 aromatic carbocycles. The molecule has 118 valence electrons. The van der Waals surface area contributed by atoms with Gasteiger partial charge in [-0.15, -0.1) is 0 Å². The third-order valence-electron chi connectivity index (χ3n) is 3.28. The average Bonchev–Trinajstić information content (AvgIpc) is 2.53. The van der Waals surface area contributed by atoms with Gasteiger partial charge in [0.25, 0.3) is 0 Å². The van der Waals surface area contributed by atoms with Crippen LogP contribution in [0.25, 0.3) is 0 Å². The molecule has 0 heterocycles. The number of hydrogen-bond acceptors (Lipinski definition) is 2. The van der Waals surface area contributed by atoms with Gasteiger partial charge in [0.15, 0.2) is 5.96 Å². The summed E-state index contributed by atoms with van der Waals surface area (Å²) >= 11 is 12.1. The Labute approximate surface area is 145 Å². The van der Waals surface area contributed by atoms with Crippen molar-refractivity contribution in [2.75, 3.05) is 0 Å². The highest BCUT2D eigenvalue weighted by Gasteiger charge is 2.10. The Hall–Kier alpha value is -2.22. The molecule has 0 amide bonds. The van der Waals surface area contributed by atoms with Crippen LogP contribution in [-0.4, -0.2) is 5.96 Å². The topological polar surface area (TPSA) is 74.2 Å². The number of hydrogen-bond donors (Lipinski definition) is 2. The van der Waals surface area contributed by atoms with Gasteiger partial charge in [0.1, 0.15) is 0 Å². The van der Waals surface area contributed by atoms with E-state index < -0.39 is 0 Å². The molecule has 3 N–H and O–H groups in total. The summed E-state index contributed by atoms with van der Waals surface area (Å²) in [6.07, 6.45) is 0. The molecule has 0 bridgehead atoms. The molecule has 2 rings (SSSR count). The van der Waals surface area contributed by atoms with Crippen molar-refractivity contribution in [3.63, 3.8) is 0 Å². The second-order valence-electron chi connectivity index (χ2n) is 5.05. The predicted octanol–water partition coefficient (Wildman–Crippen LogP) is 4.03. The molecule has 0 saturated heterocycles. The summed E-state index contributed by atoms with van der Waals surface area (Å²) in [5, 5.41) is 13.1. The van der Waals surface area contributed by atoms with Gasteiger partial charge in [-0.1, -0.05) is 41.4 Å². The lowest BCUT2D eigenvalue weighted by atomic mass is 10.1. The normalized spacial score (nSPS) is 12.5. The molecule has 4 nitrogen and oxygen atoms in total. The number of halogens is 2. The van der Waals surface area contributed by atoms with Gasteiger partial charge in [-0.25, -0.2) is 4.99 Å². The van der Waals surface area contributed by atoms with Gasteiger partial charge >= 0.3 is 0 Å². The van der Waals surface area contributed by atoms with Crippen LogP contribution in [-0.2, 0) is 6.54 Å². The number of nitrogens with two attached hydrogens (primary N) is 1. The maximum Gasteiger partial charge on any atom is 0.189 e. The first-order chi connectivity index (χ1) is 11.0. The van der Waals surface area contributed by atoms with E-state index in [1.807, 2.05) is 25.1 Å². The zero-order valence-electron chi connectivity index (χ0n) is 12.6. The molecular formula is C17H16Cl2N4. The largest absolute Gasteiger partial charge is 0.370 e. The highest BCUT2D eigenvalue weighted by atomic mass is 35.5. The highest BCUT2D eigenvalue weighted by molar-refractivity contribution is 6.35. The number of benzene rings is 2. The van der Waals surface area contributed by atoms with Crippen molar-refractivity contribution < 1.29 is 0 Å². The minimum absolute atomic E-state index is 0.103. The first kappa shape index (κ1) is 17.1. The summed E-state index contributed by atoms with van der Waals surface area (Å²) in [6, 6.07) is 14.6. The first-order valence-electron chi connectivity index (χ1n) is 7.00. The van der Waals surface area contributed by atoms with Gasteiger partial charge in [-0.2, -0.15) is 5.26 Å². The standard InChI is InChI=1S/C17H16Cl2N4/c1-11(15-6-5-14(18)8-16(15)19)23-17(21)22-10-13-4-2-3-12(7-13)9-20/h2-8,11H,10H2,1H3,(H3,21,22,23). The second kappa shape index (κ2) is 7.87. The van der Waals surface area contributed by atoms with Gasteiger partial charge in [0, 0.05) is 10.0 Å². The summed E-state index contributed by atoms with van der Waals surface area (Å²) in [4.78, 5) is 4.29. The molecule has 6 heteroatoms. The summed E-state index contributed by atoms with van der Waals surface area (Å²) < 4.78 is 0. The van der Waals surface area contributed by atoms with Gasteiger partial charge in [0.2, 0.25) is 0 Å². The monoisotopic (exact) mass is 346 g/mol. The lowest BCUT2D eigenvalue weighted by molar-refractivity contribution is 0.708. The van der Waals surface area contributed by atoms with Crippen LogP contribution < -0.4 is 11.1 Å². The minimum Gasteiger partial charge on any atom is -0.370 e. The Bertz CT molecular complexity index is 765. The van der Waals surface area contributed by atoms with E-state index in [2.05, 4.69) is 16.4 Å². The first-order valence-corrected chi connectivity index (χ1v) is 7.75. The second-order valence-corrected chi connectivity index (χ2v) is 5.89. The number of nitrogens with one attached hydrogen (secondary N) is 1. The van der Waals surface area contributed by atoms with Crippen molar-refractivity contribution in [1.29, 1.82) is 5.26 Å². The minimum atomic E-state index is -0.103. The summed E-state index contributed by atoms with van der Waals surface area (Å²) in [7, 11) is 0. The van der Waals surface area contributed by atoms with Crippen molar-refractivity contribution in [2.45, 2.75) is 19.5 Å². The van der Waals surface area contributed by atoms with Gasteiger partial charge < -0.3 is 11.1 Å². The molecule has 0 spiro atoms. The van der Waals surface area contributed by atoms with Crippen LogP contribution in [0.4, 0.5) is 0 Å². The number of rotatable bonds is 4. The molecule has 1 unspecified atom stereocenters. The molecule has 1 atom stereocenters. The Balaban J connectivity index is 2.02. The molecule has 0 saturated carbocycles. The number of guanidine groups is 1. The van der Waals surface area contributed by atoms with Crippen LogP contribution in [0, 0.1) is 11.3 Å². The number of nitriles is 1. The maximum absolute atomic E-state index is 8.89. The van der Waals surface area contributed by atoms with Crippen LogP contribution >= 0.6 is 23.2 Å². The molecule has 2 aromatic rings. The third-order valence-corrected chi connectivity index (χ3v) is 3.84. The van der Waals surface area contributed by atoms with Crippen LogP contribution in [0.1, 0.15) is 29.7 Å². The molecule has 0 aliphatic rings. The molecule has 0 aliphatic heterocycles. The fourth-order valence-corrected chi connectivity index (χ4v) is 2.69. The van der Waals surface area contributed by atoms with E-state index in [-0.39, 0.29) is 6.04 Å². The maximum atomic E-state index is 8.89. The molecule has 0 radical (unpaired) electrons. The van der Waals surface area contributed by atoms with E-state index in [1.54, 1.807) is 24.3 Å². The fourth-order valence-electron chi connectivity index (χ4n) is 2.11. The van der Waals surface area contributed by atoms with E-state index in [1.165, 1.54) is 0 Å². The van der Waals surface area contributed by atoms with E-state index in [0.29, 0.717) is 28.1 Å². The van der Waals surface area contributed by atoms with Crippen molar-refractivity contribution >= 4 is 29.2 Å². The lowest BCUT2D eigenvalue weighted by Gasteiger charge is -2.16. The van der Waals surface area contributed by atoms with Crippen molar-refractivity contribution in [1.82, 2.24) is 5.32 Å². The predicted molar refractivity (Wildman–Crippen MR) is 94.5 cm³/mol. The quantitative estimate of drug-likeness (QED) is 0.648. The van der Waals surface area contributed by atoms with Crippen LogP contribution in [0.5, 0.6) is 0 Å². The van der Waals surface area contributed by atoms with Gasteiger partial charge in [-0.05, 0) is 42.3 Å². The Morgan fingerprint density at radius 1 is 1.30 bits per heavy atom. The Kier molecular flexibility index (Phi) is 5.86. The van der Waals surface area contributed by atoms with Crippen molar-refractivity contribution in [3.8, 4) is 6.07 Å². The van der Waals surface area contributed by atoms with E-state index in [4.69, 9.17) is 34.2 Å². The zero-order valence-corrected chi connectivity index (χ0v) is 14.1. The van der Waals surface area contributed by atoms with E-state index in [9.17, 15) is 0 Å². The summed E-state index contributed by atoms with van der Waals surface area (Å²) in [5.74, 6) is 0.311. The van der Waals surface area contributed by atoms with E-state index in [0.717, 1.165) is 11.1 Å². The smallest absolute Gasteiger partial charge is 0.189 e. The van der Waals surface area contributed by atoms with Crippen molar-refractivity contribution in [3.05, 3.63) is 69.2 Å². The molecule has 0 aromatic heterocycles. The fraction of sp³-hybridized carbons (Fsp3) is 0.176. The van der Waals surface area contributed by atoms with E-state index >= 15 is 0 Å². The Morgan fingerprint density at radius 2 is 2.09 bits per heavy atom. The van der Waals surface area contributed by atoms with Crippen LogP contribution in [0.3, 0.4) is 0 Å². The van der Waals surface area contributed by atoms with Crippen LogP contribution in [0.15, 0.2) is 47.5 Å². The molecule has 0 aliphatic carbocycles. The number of aliphatic imine (C=N–C) groups is 1. The van der Waals surface area contributed by atoms with Gasteiger partial charge in [0.05, 0.1) is 24.2 Å². The summed E-state index contributed by atoms with van der Waals surface area (Å²) in [5.41, 5.74) is 8.33. The number of nitrogens with zero attached hydrogens (tertiary/aromatic N) is 2. The zero-order chi connectivity index (χ0) is 16.8. The van der Waals surface area contributed by atoms with Crippen molar-refractivity contribution in [2.24, 2.45) is 10.7 Å². The molecule has 0 fully saturated rings. The van der Waals surface area contributed by atoms with Gasteiger partial charge in [-0.3, -0.25) is 0 Å². The third kappa shape index (κ3) is 4.88. The molecular weight excluding hydrogens is 331 g/mol. The lowest BCUT2D eigenvalue weighted by Crippen LogP contribution is -2.34. The Morgan fingerprint density at radius 3 is 2.78 bits per heavy atom. The SMILES string of the molecule is CC(NC(N)=NCc1cccc(C#N)c1)c1ccc(Cl)cc1Cl. The van der Waals surface area contributed by atoms with Crippen LogP contribution in [0.2, 0.25) is 10.0 Å². The average molecular weight is 347 g/mol. The highest BCUT2D eigenvalue weighted by Crippen LogP contribution is 2.25.